The fourth-order valence-corrected chi connectivity index (χ4v) is 1.54. The fraction of sp³-hybridized carbons (Fsp3) is 0.462. The van der Waals surface area contributed by atoms with Crippen LogP contribution in [-0.4, -0.2) is 26.6 Å². The van der Waals surface area contributed by atoms with Crippen LogP contribution in [0.25, 0.3) is 0 Å². The molecule has 0 bridgehead atoms. The third-order valence-electron chi connectivity index (χ3n) is 2.54. The van der Waals surface area contributed by atoms with Gasteiger partial charge in [-0.05, 0) is 50.7 Å². The van der Waals surface area contributed by atoms with Crippen molar-refractivity contribution in [2.45, 2.75) is 19.8 Å². The number of carbonyl (C=O) groups excluding carboxylic acids is 1. The van der Waals surface area contributed by atoms with Gasteiger partial charge in [-0.15, -0.1) is 0 Å². The lowest BCUT2D eigenvalue weighted by atomic mass is 10.2. The molecule has 0 aliphatic carbocycles. The summed E-state index contributed by atoms with van der Waals surface area (Å²) in [6.07, 6.45) is 1.38. The van der Waals surface area contributed by atoms with Crippen molar-refractivity contribution in [1.82, 2.24) is 5.32 Å². The van der Waals surface area contributed by atoms with Crippen molar-refractivity contribution in [2.75, 3.05) is 26.0 Å². The van der Waals surface area contributed by atoms with E-state index in [1.807, 2.05) is 32.2 Å². The summed E-state index contributed by atoms with van der Waals surface area (Å²) in [6, 6.07) is 5.61. The summed E-state index contributed by atoms with van der Waals surface area (Å²) in [5.41, 5.74) is 1.85. The number of carbonyl (C=O) groups is 1. The summed E-state index contributed by atoms with van der Waals surface area (Å²) in [7, 11) is 3.51. The summed E-state index contributed by atoms with van der Waals surface area (Å²) < 4.78 is 5.11. The number of methoxy groups -OCH3 is 1. The second-order valence-corrected chi connectivity index (χ2v) is 3.94. The molecule has 17 heavy (non-hydrogen) atoms. The predicted molar refractivity (Wildman–Crippen MR) is 69.5 cm³/mol. The molecule has 0 atom stereocenters. The molecule has 4 heteroatoms. The zero-order valence-corrected chi connectivity index (χ0v) is 10.7. The van der Waals surface area contributed by atoms with E-state index in [-0.39, 0.29) is 5.91 Å². The first-order valence-corrected chi connectivity index (χ1v) is 5.76. The molecule has 0 saturated heterocycles. The first kappa shape index (κ1) is 13.5. The van der Waals surface area contributed by atoms with Crippen LogP contribution in [0, 0.1) is 6.92 Å². The predicted octanol–water partition coefficient (Wildman–Crippen LogP) is 1.94. The average Bonchev–Trinajstić information content (AvgIpc) is 2.32. The Morgan fingerprint density at radius 1 is 1.41 bits per heavy atom. The van der Waals surface area contributed by atoms with Crippen molar-refractivity contribution in [3.05, 3.63) is 23.8 Å². The van der Waals surface area contributed by atoms with E-state index < -0.39 is 0 Å². The smallest absolute Gasteiger partial charge is 0.224 e. The van der Waals surface area contributed by atoms with E-state index in [0.717, 1.165) is 30.0 Å². The molecule has 0 fully saturated rings. The Hall–Kier alpha value is -1.55. The molecule has 1 rings (SSSR count). The van der Waals surface area contributed by atoms with Crippen LogP contribution in [-0.2, 0) is 4.79 Å². The van der Waals surface area contributed by atoms with Crippen molar-refractivity contribution < 1.29 is 9.53 Å². The maximum absolute atomic E-state index is 11.6. The summed E-state index contributed by atoms with van der Waals surface area (Å²) in [6.45, 7) is 2.81. The monoisotopic (exact) mass is 236 g/mol. The van der Waals surface area contributed by atoms with Crippen LogP contribution in [0.15, 0.2) is 18.2 Å². The Kier molecular flexibility index (Phi) is 5.49. The Morgan fingerprint density at radius 2 is 2.18 bits per heavy atom. The quantitative estimate of drug-likeness (QED) is 0.742. The van der Waals surface area contributed by atoms with Gasteiger partial charge < -0.3 is 15.4 Å². The van der Waals surface area contributed by atoms with Gasteiger partial charge in [-0.2, -0.15) is 0 Å². The molecule has 1 amide bonds. The lowest BCUT2D eigenvalue weighted by Gasteiger charge is -2.09. The molecule has 2 N–H and O–H groups in total. The van der Waals surface area contributed by atoms with Gasteiger partial charge in [0.25, 0.3) is 0 Å². The minimum Gasteiger partial charge on any atom is -0.497 e. The lowest BCUT2D eigenvalue weighted by Crippen LogP contribution is -2.15. The highest BCUT2D eigenvalue weighted by Crippen LogP contribution is 2.21. The van der Waals surface area contributed by atoms with Gasteiger partial charge in [0.05, 0.1) is 7.11 Å². The Labute approximate surface area is 102 Å². The maximum atomic E-state index is 11.6. The average molecular weight is 236 g/mol. The van der Waals surface area contributed by atoms with Gasteiger partial charge in [-0.1, -0.05) is 0 Å². The zero-order valence-electron chi connectivity index (χ0n) is 10.7. The topological polar surface area (TPSA) is 50.4 Å². The van der Waals surface area contributed by atoms with E-state index in [1.54, 1.807) is 7.11 Å². The summed E-state index contributed by atoms with van der Waals surface area (Å²) in [5, 5.41) is 5.91. The molecule has 0 saturated carbocycles. The number of rotatable bonds is 6. The molecule has 0 aromatic heterocycles. The zero-order chi connectivity index (χ0) is 12.7. The number of benzene rings is 1. The number of anilines is 1. The van der Waals surface area contributed by atoms with Crippen LogP contribution in [0.2, 0.25) is 0 Å². The van der Waals surface area contributed by atoms with Crippen LogP contribution in [0.1, 0.15) is 18.4 Å². The molecule has 4 nitrogen and oxygen atoms in total. The summed E-state index contributed by atoms with van der Waals surface area (Å²) >= 11 is 0. The van der Waals surface area contributed by atoms with Crippen LogP contribution in [0.4, 0.5) is 5.69 Å². The number of hydrogen-bond donors (Lipinski definition) is 2. The van der Waals surface area contributed by atoms with Gasteiger partial charge in [0, 0.05) is 12.1 Å². The standard InChI is InChI=1S/C13H20N2O2/c1-10-9-11(17-3)6-7-12(10)15-13(16)5-4-8-14-2/h6-7,9,14H,4-5,8H2,1-3H3,(H,15,16). The largest absolute Gasteiger partial charge is 0.497 e. The van der Waals surface area contributed by atoms with Crippen molar-refractivity contribution in [2.24, 2.45) is 0 Å². The van der Waals surface area contributed by atoms with Gasteiger partial charge in [-0.3, -0.25) is 4.79 Å². The highest BCUT2D eigenvalue weighted by Gasteiger charge is 2.05. The van der Waals surface area contributed by atoms with Gasteiger partial charge in [0.2, 0.25) is 5.91 Å². The highest BCUT2D eigenvalue weighted by molar-refractivity contribution is 5.91. The molecule has 1 aromatic rings. The molecule has 0 radical (unpaired) electrons. The highest BCUT2D eigenvalue weighted by atomic mass is 16.5. The van der Waals surface area contributed by atoms with Crippen molar-refractivity contribution >= 4 is 11.6 Å². The SMILES string of the molecule is CNCCCC(=O)Nc1ccc(OC)cc1C. The van der Waals surface area contributed by atoms with E-state index >= 15 is 0 Å². The van der Waals surface area contributed by atoms with E-state index in [4.69, 9.17) is 4.74 Å². The number of aryl methyl sites for hydroxylation is 1. The first-order valence-electron chi connectivity index (χ1n) is 5.76. The number of nitrogens with one attached hydrogen (secondary N) is 2. The molecule has 1 aromatic carbocycles. The van der Waals surface area contributed by atoms with Crippen LogP contribution >= 0.6 is 0 Å². The normalized spacial score (nSPS) is 10.1. The van der Waals surface area contributed by atoms with E-state index in [2.05, 4.69) is 10.6 Å². The third-order valence-corrected chi connectivity index (χ3v) is 2.54. The Balaban J connectivity index is 2.53. The van der Waals surface area contributed by atoms with Gasteiger partial charge in [-0.25, -0.2) is 0 Å². The molecule has 0 spiro atoms. The minimum absolute atomic E-state index is 0.0496. The van der Waals surface area contributed by atoms with E-state index in [0.29, 0.717) is 6.42 Å². The molecule has 0 unspecified atom stereocenters. The van der Waals surface area contributed by atoms with E-state index in [9.17, 15) is 4.79 Å². The number of amides is 1. The molecule has 0 aliphatic rings. The number of hydrogen-bond acceptors (Lipinski definition) is 3. The van der Waals surface area contributed by atoms with Crippen LogP contribution < -0.4 is 15.4 Å². The van der Waals surface area contributed by atoms with Crippen LogP contribution in [0.3, 0.4) is 0 Å². The summed E-state index contributed by atoms with van der Waals surface area (Å²) in [5.74, 6) is 0.851. The second kappa shape index (κ2) is 6.91. The molecular weight excluding hydrogens is 216 g/mol. The first-order chi connectivity index (χ1) is 8.17. The number of ether oxygens (including phenoxy) is 1. The Morgan fingerprint density at radius 3 is 2.76 bits per heavy atom. The van der Waals surface area contributed by atoms with Crippen molar-refractivity contribution in [3.8, 4) is 5.75 Å². The molecule has 0 aliphatic heterocycles. The molecular formula is C13H20N2O2. The summed E-state index contributed by atoms with van der Waals surface area (Å²) in [4.78, 5) is 11.6. The fourth-order valence-electron chi connectivity index (χ4n) is 1.54. The minimum atomic E-state index is 0.0496. The second-order valence-electron chi connectivity index (χ2n) is 3.94. The van der Waals surface area contributed by atoms with Crippen molar-refractivity contribution in [3.63, 3.8) is 0 Å². The van der Waals surface area contributed by atoms with Crippen LogP contribution in [0.5, 0.6) is 5.75 Å². The van der Waals surface area contributed by atoms with Gasteiger partial charge in [0.15, 0.2) is 0 Å². The maximum Gasteiger partial charge on any atom is 0.224 e. The third kappa shape index (κ3) is 4.44. The molecule has 0 heterocycles. The van der Waals surface area contributed by atoms with E-state index in [1.165, 1.54) is 0 Å². The van der Waals surface area contributed by atoms with Crippen molar-refractivity contribution in [1.29, 1.82) is 0 Å². The van der Waals surface area contributed by atoms with Gasteiger partial charge >= 0.3 is 0 Å². The molecule has 94 valence electrons. The Bertz CT molecular complexity index is 378. The van der Waals surface area contributed by atoms with Gasteiger partial charge in [0.1, 0.15) is 5.75 Å². The lowest BCUT2D eigenvalue weighted by molar-refractivity contribution is -0.116.